The third-order valence-corrected chi connectivity index (χ3v) is 7.73. The Morgan fingerprint density at radius 3 is 2.72 bits per heavy atom. The molecule has 0 aliphatic heterocycles. The number of hydrogen-bond acceptors (Lipinski definition) is 5. The molecule has 3 heterocycles. The molecule has 0 N–H and O–H groups in total. The van der Waals surface area contributed by atoms with Crippen LogP contribution in [0.2, 0.25) is 0 Å². The van der Waals surface area contributed by atoms with E-state index in [0.29, 0.717) is 11.2 Å². The second-order valence-corrected chi connectivity index (χ2v) is 9.98. The highest BCUT2D eigenvalue weighted by Gasteiger charge is 2.19. The van der Waals surface area contributed by atoms with Gasteiger partial charge in [-0.3, -0.25) is 9.36 Å². The van der Waals surface area contributed by atoms with Crippen LogP contribution in [0.1, 0.15) is 29.5 Å². The molecule has 5 aromatic rings. The zero-order valence-electron chi connectivity index (χ0n) is 18.0. The first-order chi connectivity index (χ1) is 15.6. The summed E-state index contributed by atoms with van der Waals surface area (Å²) in [6.45, 7) is 4.84. The molecule has 32 heavy (non-hydrogen) atoms. The minimum absolute atomic E-state index is 0.0209. The number of aromatic nitrogens is 3. The molecule has 0 spiro atoms. The molecule has 4 nitrogen and oxygen atoms in total. The Morgan fingerprint density at radius 2 is 1.91 bits per heavy atom. The van der Waals surface area contributed by atoms with Crippen LogP contribution in [-0.2, 0) is 12.3 Å². The van der Waals surface area contributed by atoms with Gasteiger partial charge in [0, 0.05) is 23.9 Å². The van der Waals surface area contributed by atoms with Crippen LogP contribution in [-0.4, -0.2) is 14.5 Å². The number of benzene rings is 2. The van der Waals surface area contributed by atoms with Gasteiger partial charge >= 0.3 is 0 Å². The molecule has 2 aromatic carbocycles. The van der Waals surface area contributed by atoms with Crippen LogP contribution in [0, 0.1) is 6.92 Å². The summed E-state index contributed by atoms with van der Waals surface area (Å²) < 4.78 is 2.54. The van der Waals surface area contributed by atoms with E-state index in [1.807, 2.05) is 34.9 Å². The summed E-state index contributed by atoms with van der Waals surface area (Å²) in [6, 6.07) is 22.7. The molecule has 5 rings (SSSR count). The summed E-state index contributed by atoms with van der Waals surface area (Å²) in [4.78, 5) is 24.0. The molecule has 0 aliphatic rings. The summed E-state index contributed by atoms with van der Waals surface area (Å²) in [7, 11) is 0. The van der Waals surface area contributed by atoms with Crippen LogP contribution in [0.4, 0.5) is 0 Å². The average molecular weight is 458 g/mol. The van der Waals surface area contributed by atoms with Crippen LogP contribution >= 0.6 is 23.1 Å². The second kappa shape index (κ2) is 8.88. The third kappa shape index (κ3) is 4.08. The molecule has 1 atom stereocenters. The van der Waals surface area contributed by atoms with E-state index in [0.717, 1.165) is 26.6 Å². The van der Waals surface area contributed by atoms with Gasteiger partial charge in [0.15, 0.2) is 5.16 Å². The Kier molecular flexibility index (Phi) is 5.81. The van der Waals surface area contributed by atoms with Gasteiger partial charge in [0.05, 0.1) is 5.52 Å². The number of fused-ring (bicyclic) bond motifs is 3. The van der Waals surface area contributed by atoms with Gasteiger partial charge in [-0.25, -0.2) is 9.97 Å². The zero-order valence-corrected chi connectivity index (χ0v) is 19.6. The number of pyridine rings is 1. The van der Waals surface area contributed by atoms with E-state index in [2.05, 4.69) is 55.2 Å². The van der Waals surface area contributed by atoms with E-state index in [9.17, 15) is 4.79 Å². The van der Waals surface area contributed by atoms with E-state index >= 15 is 0 Å². The van der Waals surface area contributed by atoms with Gasteiger partial charge in [-0.05, 0) is 36.1 Å². The van der Waals surface area contributed by atoms with Crippen molar-refractivity contribution in [3.05, 3.63) is 100.0 Å². The number of aryl methyl sites for hydroxylation is 1. The standard InChI is InChI=1S/C26H23N3OS2/c1-17-8-6-9-19(14-17)16-31-26-28-22-21-12-7-13-27-24(21)32-23(22)25(30)29(26)15-18(2)20-10-4-3-5-11-20/h3-14,18H,15-16H2,1-2H3/t18-/m1/s1. The monoisotopic (exact) mass is 457 g/mol. The number of thioether (sulfide) groups is 1. The lowest BCUT2D eigenvalue weighted by Crippen LogP contribution is -2.25. The lowest BCUT2D eigenvalue weighted by atomic mass is 10.0. The Hall–Kier alpha value is -2.96. The molecule has 0 bridgehead atoms. The van der Waals surface area contributed by atoms with Crippen molar-refractivity contribution in [2.75, 3.05) is 0 Å². The fraction of sp³-hybridized carbons (Fsp3) is 0.192. The fourth-order valence-corrected chi connectivity index (χ4v) is 5.90. The Bertz CT molecular complexity index is 1460. The summed E-state index contributed by atoms with van der Waals surface area (Å²) in [5.74, 6) is 0.957. The number of hydrogen-bond donors (Lipinski definition) is 0. The van der Waals surface area contributed by atoms with E-state index in [4.69, 9.17) is 4.98 Å². The fourth-order valence-electron chi connectivity index (χ4n) is 3.92. The van der Waals surface area contributed by atoms with Crippen LogP contribution < -0.4 is 5.56 Å². The average Bonchev–Trinajstić information content (AvgIpc) is 3.19. The van der Waals surface area contributed by atoms with Gasteiger partial charge in [-0.1, -0.05) is 78.8 Å². The molecule has 0 amide bonds. The van der Waals surface area contributed by atoms with Crippen molar-refractivity contribution in [1.29, 1.82) is 0 Å². The molecule has 160 valence electrons. The molecule has 0 saturated heterocycles. The van der Waals surface area contributed by atoms with Gasteiger partial charge in [0.25, 0.3) is 5.56 Å². The highest BCUT2D eigenvalue weighted by atomic mass is 32.2. The van der Waals surface area contributed by atoms with E-state index in [1.165, 1.54) is 28.0 Å². The van der Waals surface area contributed by atoms with Crippen LogP contribution in [0.3, 0.4) is 0 Å². The van der Waals surface area contributed by atoms with Crippen molar-refractivity contribution in [2.45, 2.75) is 37.2 Å². The van der Waals surface area contributed by atoms with E-state index < -0.39 is 0 Å². The minimum Gasteiger partial charge on any atom is -0.286 e. The van der Waals surface area contributed by atoms with Gasteiger partial charge < -0.3 is 0 Å². The highest BCUT2D eigenvalue weighted by molar-refractivity contribution is 7.98. The third-order valence-electron chi connectivity index (χ3n) is 5.59. The SMILES string of the molecule is Cc1cccc(CSc2nc3c(sc4ncccc43)c(=O)n2C[C@@H](C)c2ccccc2)c1. The second-order valence-electron chi connectivity index (χ2n) is 8.04. The van der Waals surface area contributed by atoms with E-state index in [-0.39, 0.29) is 11.5 Å². The smallest absolute Gasteiger partial charge is 0.272 e. The predicted octanol–water partition coefficient (Wildman–Crippen LogP) is 6.41. The molecule has 0 unspecified atom stereocenters. The van der Waals surface area contributed by atoms with Crippen molar-refractivity contribution in [3.63, 3.8) is 0 Å². The summed E-state index contributed by atoms with van der Waals surface area (Å²) in [6.07, 6.45) is 1.76. The largest absolute Gasteiger partial charge is 0.286 e. The van der Waals surface area contributed by atoms with Crippen LogP contribution in [0.25, 0.3) is 20.4 Å². The lowest BCUT2D eigenvalue weighted by Gasteiger charge is -2.17. The number of thiophene rings is 1. The van der Waals surface area contributed by atoms with Gasteiger partial charge in [0.1, 0.15) is 9.53 Å². The topological polar surface area (TPSA) is 47.8 Å². The first-order valence-electron chi connectivity index (χ1n) is 10.6. The predicted molar refractivity (Wildman–Crippen MR) is 135 cm³/mol. The Balaban J connectivity index is 1.60. The minimum atomic E-state index is 0.0209. The summed E-state index contributed by atoms with van der Waals surface area (Å²) in [5.41, 5.74) is 4.46. The molecule has 6 heteroatoms. The quantitative estimate of drug-likeness (QED) is 0.218. The first kappa shape index (κ1) is 20.9. The van der Waals surface area contributed by atoms with Crippen molar-refractivity contribution in [3.8, 4) is 0 Å². The molecule has 0 aliphatic carbocycles. The van der Waals surface area contributed by atoms with Crippen LogP contribution in [0.15, 0.2) is 82.9 Å². The van der Waals surface area contributed by atoms with Crippen molar-refractivity contribution < 1.29 is 0 Å². The van der Waals surface area contributed by atoms with Crippen molar-refractivity contribution >= 4 is 43.5 Å². The highest BCUT2D eigenvalue weighted by Crippen LogP contribution is 2.32. The Morgan fingerprint density at radius 1 is 1.06 bits per heavy atom. The Labute approximate surface area is 195 Å². The first-order valence-corrected chi connectivity index (χ1v) is 12.4. The van der Waals surface area contributed by atoms with Gasteiger partial charge in [0.2, 0.25) is 0 Å². The molecule has 0 saturated carbocycles. The van der Waals surface area contributed by atoms with Gasteiger partial charge in [-0.2, -0.15) is 0 Å². The van der Waals surface area contributed by atoms with Crippen molar-refractivity contribution in [2.24, 2.45) is 0 Å². The zero-order chi connectivity index (χ0) is 22.1. The summed E-state index contributed by atoms with van der Waals surface area (Å²) in [5, 5.41) is 1.71. The molecular formula is C26H23N3OS2. The van der Waals surface area contributed by atoms with Crippen LogP contribution in [0.5, 0.6) is 0 Å². The normalized spacial score (nSPS) is 12.4. The number of rotatable bonds is 6. The molecule has 0 fully saturated rings. The number of nitrogens with zero attached hydrogens (tertiary/aromatic N) is 3. The van der Waals surface area contributed by atoms with E-state index in [1.54, 1.807) is 18.0 Å². The maximum Gasteiger partial charge on any atom is 0.272 e. The van der Waals surface area contributed by atoms with Crippen molar-refractivity contribution in [1.82, 2.24) is 14.5 Å². The summed E-state index contributed by atoms with van der Waals surface area (Å²) >= 11 is 3.06. The molecular weight excluding hydrogens is 434 g/mol. The molecule has 0 radical (unpaired) electrons. The van der Waals surface area contributed by atoms with Gasteiger partial charge in [-0.15, -0.1) is 11.3 Å². The maximum atomic E-state index is 13.6. The molecule has 3 aromatic heterocycles. The maximum absolute atomic E-state index is 13.6. The lowest BCUT2D eigenvalue weighted by molar-refractivity contribution is 0.532.